The zero-order chi connectivity index (χ0) is 36.9. The smallest absolute Gasteiger partial charge is 0.323 e. The second-order valence-electron chi connectivity index (χ2n) is 16.6. The van der Waals surface area contributed by atoms with Crippen molar-refractivity contribution in [2.75, 3.05) is 78.5 Å². The van der Waals surface area contributed by atoms with Gasteiger partial charge in [-0.15, -0.1) is 0 Å². The molecular formula is C35H67N5O8. The number of nitrogens with zero attached hydrogens (tertiary/aromatic N) is 4. The number of rotatable bonds is 11. The van der Waals surface area contributed by atoms with Crippen LogP contribution in [0.5, 0.6) is 0 Å². The maximum absolute atomic E-state index is 13.6. The third kappa shape index (κ3) is 20.9. The molecule has 0 amide bonds. The highest BCUT2D eigenvalue weighted by Crippen LogP contribution is 2.17. The minimum absolute atomic E-state index is 0.0516. The van der Waals surface area contributed by atoms with Crippen molar-refractivity contribution in [3.05, 3.63) is 0 Å². The number of hydrogen-bond donors (Lipinski definition) is 1. The van der Waals surface area contributed by atoms with Crippen molar-refractivity contribution in [1.29, 1.82) is 0 Å². The second-order valence-corrected chi connectivity index (χ2v) is 16.6. The third-order valence-corrected chi connectivity index (χ3v) is 6.99. The van der Waals surface area contributed by atoms with Crippen molar-refractivity contribution in [1.82, 2.24) is 19.6 Å². The van der Waals surface area contributed by atoms with E-state index in [1.165, 1.54) is 0 Å². The molecule has 1 rings (SSSR count). The van der Waals surface area contributed by atoms with Crippen molar-refractivity contribution in [3.8, 4) is 0 Å². The lowest BCUT2D eigenvalue weighted by molar-refractivity contribution is -0.163. The van der Waals surface area contributed by atoms with E-state index in [0.717, 1.165) is 0 Å². The summed E-state index contributed by atoms with van der Waals surface area (Å²) in [4.78, 5) is 60.5. The maximum Gasteiger partial charge on any atom is 0.323 e. The summed E-state index contributed by atoms with van der Waals surface area (Å²) in [5.74, 6) is -1.38. The van der Waals surface area contributed by atoms with E-state index in [0.29, 0.717) is 71.7 Å². The monoisotopic (exact) mass is 685 g/mol. The summed E-state index contributed by atoms with van der Waals surface area (Å²) < 4.78 is 22.8. The first-order valence-electron chi connectivity index (χ1n) is 17.4. The van der Waals surface area contributed by atoms with Gasteiger partial charge in [0.05, 0.1) is 19.6 Å². The van der Waals surface area contributed by atoms with Gasteiger partial charge in [0.25, 0.3) is 0 Å². The van der Waals surface area contributed by atoms with Gasteiger partial charge < -0.3 is 24.7 Å². The quantitative estimate of drug-likeness (QED) is 0.252. The molecule has 1 saturated heterocycles. The van der Waals surface area contributed by atoms with Crippen LogP contribution in [0.25, 0.3) is 0 Å². The number of hydrogen-bond acceptors (Lipinski definition) is 13. The van der Waals surface area contributed by atoms with Gasteiger partial charge in [0.1, 0.15) is 28.4 Å². The van der Waals surface area contributed by atoms with Crippen LogP contribution >= 0.6 is 0 Å². The lowest BCUT2D eigenvalue weighted by Crippen LogP contribution is -2.53. The Morgan fingerprint density at radius 1 is 0.521 bits per heavy atom. The summed E-state index contributed by atoms with van der Waals surface area (Å²) in [6.07, 6.45) is 1.14. The van der Waals surface area contributed by atoms with Gasteiger partial charge in [0, 0.05) is 52.4 Å². The van der Waals surface area contributed by atoms with Gasteiger partial charge >= 0.3 is 23.9 Å². The molecule has 48 heavy (non-hydrogen) atoms. The number of ether oxygens (including phenoxy) is 4. The van der Waals surface area contributed by atoms with Crippen molar-refractivity contribution < 1.29 is 38.1 Å². The summed E-state index contributed by atoms with van der Waals surface area (Å²) in [6.45, 7) is 26.2. The highest BCUT2D eigenvalue weighted by molar-refractivity contribution is 5.76. The van der Waals surface area contributed by atoms with Crippen LogP contribution in [0.2, 0.25) is 0 Å². The number of nitrogens with two attached hydrogens (primary N) is 1. The van der Waals surface area contributed by atoms with Gasteiger partial charge in [-0.25, -0.2) is 0 Å². The summed E-state index contributed by atoms with van der Waals surface area (Å²) in [7, 11) is 0. The summed E-state index contributed by atoms with van der Waals surface area (Å²) >= 11 is 0. The lowest BCUT2D eigenvalue weighted by atomic mass is 10.1. The Morgan fingerprint density at radius 2 is 0.812 bits per heavy atom. The highest BCUT2D eigenvalue weighted by Gasteiger charge is 2.32. The normalized spacial score (nSPS) is 18.3. The molecule has 1 aliphatic rings. The molecule has 1 heterocycles. The summed E-state index contributed by atoms with van der Waals surface area (Å²) in [6, 6.07) is -0.564. The predicted molar refractivity (Wildman–Crippen MR) is 186 cm³/mol. The first-order valence-corrected chi connectivity index (χ1v) is 17.4. The van der Waals surface area contributed by atoms with Crippen molar-refractivity contribution >= 4 is 23.9 Å². The molecule has 0 aromatic rings. The second kappa shape index (κ2) is 19.2. The topological polar surface area (TPSA) is 144 Å². The van der Waals surface area contributed by atoms with Crippen LogP contribution in [0.4, 0.5) is 0 Å². The van der Waals surface area contributed by atoms with E-state index in [1.807, 2.05) is 97.8 Å². The fourth-order valence-corrected chi connectivity index (χ4v) is 5.14. The Kier molecular flexibility index (Phi) is 17.5. The van der Waals surface area contributed by atoms with Crippen LogP contribution in [0.1, 0.15) is 95.9 Å². The van der Waals surface area contributed by atoms with Crippen LogP contribution in [0.3, 0.4) is 0 Å². The zero-order valence-corrected chi connectivity index (χ0v) is 32.1. The molecule has 1 atom stereocenters. The van der Waals surface area contributed by atoms with Crippen LogP contribution in [-0.4, -0.2) is 150 Å². The van der Waals surface area contributed by atoms with E-state index < -0.39 is 28.4 Å². The van der Waals surface area contributed by atoms with E-state index in [1.54, 1.807) is 0 Å². The van der Waals surface area contributed by atoms with Gasteiger partial charge in [-0.2, -0.15) is 0 Å². The number of esters is 4. The Morgan fingerprint density at radius 3 is 1.08 bits per heavy atom. The van der Waals surface area contributed by atoms with Crippen molar-refractivity contribution in [2.24, 2.45) is 5.73 Å². The van der Waals surface area contributed by atoms with Gasteiger partial charge in [-0.3, -0.25) is 38.8 Å². The molecule has 0 saturated carbocycles. The SMILES string of the molecule is CC(C)(C)OC(=O)CN1CCN(CC(=O)OC(C)(C)C)CCN(C(CCCN)C(=O)OC(C)(C)C)CCN(CC(=O)OC(C)(C)C)CC1. The maximum atomic E-state index is 13.6. The molecule has 13 nitrogen and oxygen atoms in total. The lowest BCUT2D eigenvalue weighted by Gasteiger charge is -2.37. The van der Waals surface area contributed by atoms with E-state index in [2.05, 4.69) is 4.90 Å². The fraction of sp³-hybridized carbons (Fsp3) is 0.886. The summed E-state index contributed by atoms with van der Waals surface area (Å²) in [5.41, 5.74) is 3.30. The summed E-state index contributed by atoms with van der Waals surface area (Å²) in [5, 5.41) is 0. The average Bonchev–Trinajstić information content (AvgIpc) is 2.85. The Hall–Kier alpha value is -2.32. The van der Waals surface area contributed by atoms with E-state index in [9.17, 15) is 19.2 Å². The Balaban J connectivity index is 3.46. The number of carbonyl (C=O) groups excluding carboxylic acids is 4. The first kappa shape index (κ1) is 43.7. The van der Waals surface area contributed by atoms with Crippen LogP contribution in [0.15, 0.2) is 0 Å². The van der Waals surface area contributed by atoms with Gasteiger partial charge in [0.15, 0.2) is 0 Å². The van der Waals surface area contributed by atoms with Gasteiger partial charge in [-0.05, 0) is 102 Å². The molecule has 1 unspecified atom stereocenters. The number of carbonyl (C=O) groups is 4. The third-order valence-electron chi connectivity index (χ3n) is 6.99. The molecule has 0 aromatic carbocycles. The molecule has 0 radical (unpaired) electrons. The van der Waals surface area contributed by atoms with Crippen molar-refractivity contribution in [3.63, 3.8) is 0 Å². The minimum atomic E-state index is -0.673. The predicted octanol–water partition coefficient (Wildman–Crippen LogP) is 2.68. The van der Waals surface area contributed by atoms with E-state index in [-0.39, 0.29) is 43.5 Å². The van der Waals surface area contributed by atoms with Gasteiger partial charge in [0.2, 0.25) is 0 Å². The van der Waals surface area contributed by atoms with Crippen LogP contribution in [0, 0.1) is 0 Å². The molecule has 0 aromatic heterocycles. The van der Waals surface area contributed by atoms with E-state index >= 15 is 0 Å². The average molecular weight is 686 g/mol. The largest absolute Gasteiger partial charge is 0.459 e. The van der Waals surface area contributed by atoms with Crippen LogP contribution in [-0.2, 0) is 38.1 Å². The minimum Gasteiger partial charge on any atom is -0.459 e. The molecule has 280 valence electrons. The van der Waals surface area contributed by atoms with Crippen molar-refractivity contribution in [2.45, 2.75) is 124 Å². The molecule has 1 aliphatic heterocycles. The fourth-order valence-electron chi connectivity index (χ4n) is 5.14. The molecule has 13 heteroatoms. The molecular weight excluding hydrogens is 618 g/mol. The first-order chi connectivity index (χ1) is 21.9. The standard InChI is InChI=1S/C35H67N5O8/c1-32(2,3)45-28(41)24-37-16-18-38(25-29(42)46-33(4,5)6)20-22-40(27(14-13-15-36)31(44)48-35(10,11)12)23-21-39(19-17-37)26-30(43)47-34(7,8)9/h27H,13-26,36H2,1-12H3. The van der Waals surface area contributed by atoms with Crippen LogP contribution < -0.4 is 5.73 Å². The molecule has 1 fully saturated rings. The Labute approximate surface area is 290 Å². The zero-order valence-electron chi connectivity index (χ0n) is 32.1. The van der Waals surface area contributed by atoms with E-state index in [4.69, 9.17) is 24.7 Å². The highest BCUT2D eigenvalue weighted by atomic mass is 16.6. The Bertz CT molecular complexity index is 980. The molecule has 0 bridgehead atoms. The molecule has 0 spiro atoms. The molecule has 0 aliphatic carbocycles. The molecule has 2 N–H and O–H groups in total. The van der Waals surface area contributed by atoms with Gasteiger partial charge in [-0.1, -0.05) is 0 Å².